The third kappa shape index (κ3) is 3.33. The van der Waals surface area contributed by atoms with Gasteiger partial charge in [0.05, 0.1) is 11.1 Å². The molecule has 1 aromatic carbocycles. The van der Waals surface area contributed by atoms with Crippen molar-refractivity contribution in [2.24, 2.45) is 0 Å². The van der Waals surface area contributed by atoms with E-state index in [0.717, 1.165) is 31.8 Å². The van der Waals surface area contributed by atoms with E-state index in [2.05, 4.69) is 65.3 Å². The number of hydrogen-bond acceptors (Lipinski definition) is 3. The van der Waals surface area contributed by atoms with E-state index >= 15 is 0 Å². The molecule has 2 atom stereocenters. The average molecular weight is 393 g/mol. The molecule has 2 aliphatic heterocycles. The molecule has 3 heteroatoms. The largest absolute Gasteiger partial charge is 0.294 e. The topological polar surface area (TPSA) is 23.6 Å². The molecule has 0 aromatic heterocycles. The van der Waals surface area contributed by atoms with Crippen LogP contribution in [0.4, 0.5) is 0 Å². The number of hydrogen-bond donors (Lipinski definition) is 0. The monoisotopic (exact) mass is 392 g/mol. The summed E-state index contributed by atoms with van der Waals surface area (Å²) >= 11 is 0. The number of likely N-dealkylation sites (tertiary alicyclic amines) is 2. The van der Waals surface area contributed by atoms with Crippen molar-refractivity contribution in [3.8, 4) is 0 Å². The van der Waals surface area contributed by atoms with Crippen molar-refractivity contribution in [3.63, 3.8) is 0 Å². The van der Waals surface area contributed by atoms with E-state index in [9.17, 15) is 4.79 Å². The highest BCUT2D eigenvalue weighted by Gasteiger charge is 2.58. The standard InChI is InChI=1S/C26H36N2O/c1-3-24(29)23-16-13-17-26(22-14-7-4-8-15-22,28-20-11-6-12-21-28)25(23,2)27-18-9-5-10-19-27/h4,7-8,13-17H,3,5-6,9-12,18-21H2,1-2H3. The molecule has 0 amide bonds. The molecule has 29 heavy (non-hydrogen) atoms. The summed E-state index contributed by atoms with van der Waals surface area (Å²) in [5.74, 6) is 0.291. The fraction of sp³-hybridized carbons (Fsp3) is 0.577. The predicted octanol–water partition coefficient (Wildman–Crippen LogP) is 5.09. The van der Waals surface area contributed by atoms with E-state index in [4.69, 9.17) is 0 Å². The van der Waals surface area contributed by atoms with Crippen molar-refractivity contribution in [3.05, 3.63) is 59.7 Å². The Balaban J connectivity index is 1.94. The van der Waals surface area contributed by atoms with Gasteiger partial charge in [-0.05, 0) is 64.3 Å². The fourth-order valence-electron chi connectivity index (χ4n) is 6.03. The lowest BCUT2D eigenvalue weighted by molar-refractivity contribution is -0.119. The van der Waals surface area contributed by atoms with Gasteiger partial charge in [0.1, 0.15) is 0 Å². The van der Waals surface area contributed by atoms with Crippen LogP contribution < -0.4 is 0 Å². The van der Waals surface area contributed by atoms with Crippen molar-refractivity contribution in [2.45, 2.75) is 69.9 Å². The number of allylic oxidation sites excluding steroid dienone is 2. The zero-order valence-electron chi connectivity index (χ0n) is 18.2. The second-order valence-electron chi connectivity index (χ2n) is 9.02. The third-order valence-corrected chi connectivity index (χ3v) is 7.55. The van der Waals surface area contributed by atoms with Gasteiger partial charge in [0, 0.05) is 12.0 Å². The highest BCUT2D eigenvalue weighted by atomic mass is 16.1. The van der Waals surface area contributed by atoms with Crippen molar-refractivity contribution in [1.82, 2.24) is 9.80 Å². The van der Waals surface area contributed by atoms with Gasteiger partial charge in [-0.2, -0.15) is 0 Å². The Morgan fingerprint density at radius 2 is 1.48 bits per heavy atom. The van der Waals surface area contributed by atoms with Crippen LogP contribution in [0, 0.1) is 0 Å². The molecule has 0 spiro atoms. The molecule has 2 saturated heterocycles. The summed E-state index contributed by atoms with van der Waals surface area (Å²) in [4.78, 5) is 18.6. The van der Waals surface area contributed by atoms with E-state index in [0.29, 0.717) is 12.2 Å². The molecule has 3 aliphatic rings. The molecule has 3 nitrogen and oxygen atoms in total. The second-order valence-corrected chi connectivity index (χ2v) is 9.02. The number of carbonyl (C=O) groups excluding carboxylic acids is 1. The van der Waals surface area contributed by atoms with E-state index in [1.165, 1.54) is 44.1 Å². The van der Waals surface area contributed by atoms with Crippen LogP contribution in [0.15, 0.2) is 54.1 Å². The van der Waals surface area contributed by atoms with Crippen LogP contribution in [0.3, 0.4) is 0 Å². The maximum absolute atomic E-state index is 13.3. The summed E-state index contributed by atoms with van der Waals surface area (Å²) in [5.41, 5.74) is 1.66. The van der Waals surface area contributed by atoms with Gasteiger partial charge < -0.3 is 0 Å². The quantitative estimate of drug-likeness (QED) is 0.697. The van der Waals surface area contributed by atoms with E-state index in [1.807, 2.05) is 6.92 Å². The minimum absolute atomic E-state index is 0.291. The molecule has 0 bridgehead atoms. The van der Waals surface area contributed by atoms with E-state index in [-0.39, 0.29) is 11.1 Å². The Kier molecular flexibility index (Phi) is 6.08. The van der Waals surface area contributed by atoms with Gasteiger partial charge in [-0.1, -0.05) is 68.3 Å². The fourth-order valence-corrected chi connectivity index (χ4v) is 6.03. The van der Waals surface area contributed by atoms with Gasteiger partial charge in [-0.15, -0.1) is 0 Å². The minimum Gasteiger partial charge on any atom is -0.294 e. The van der Waals surface area contributed by atoms with E-state index < -0.39 is 0 Å². The molecule has 1 aliphatic carbocycles. The van der Waals surface area contributed by atoms with Gasteiger partial charge in [-0.3, -0.25) is 14.6 Å². The van der Waals surface area contributed by atoms with Crippen LogP contribution in [0.25, 0.3) is 0 Å². The Labute approximate surface area is 176 Å². The van der Waals surface area contributed by atoms with E-state index in [1.54, 1.807) is 0 Å². The molecule has 0 N–H and O–H groups in total. The summed E-state index contributed by atoms with van der Waals surface area (Å²) in [6.45, 7) is 8.70. The molecule has 1 aromatic rings. The number of benzene rings is 1. The number of nitrogens with zero attached hydrogens (tertiary/aromatic N) is 2. The molecular weight excluding hydrogens is 356 g/mol. The van der Waals surface area contributed by atoms with Crippen LogP contribution in [0.2, 0.25) is 0 Å². The lowest BCUT2D eigenvalue weighted by Crippen LogP contribution is -2.70. The Morgan fingerprint density at radius 3 is 2.07 bits per heavy atom. The van der Waals surface area contributed by atoms with Crippen molar-refractivity contribution < 1.29 is 4.79 Å². The number of Topliss-reactive ketones (excluding diaryl/α,β-unsaturated/α-hetero) is 1. The summed E-state index contributed by atoms with van der Waals surface area (Å²) in [6, 6.07) is 11.0. The van der Waals surface area contributed by atoms with Crippen molar-refractivity contribution >= 4 is 5.78 Å². The maximum Gasteiger partial charge on any atom is 0.160 e. The van der Waals surface area contributed by atoms with Gasteiger partial charge >= 0.3 is 0 Å². The lowest BCUT2D eigenvalue weighted by Gasteiger charge is -2.61. The van der Waals surface area contributed by atoms with Gasteiger partial charge in [0.25, 0.3) is 0 Å². The molecule has 0 saturated carbocycles. The number of carbonyl (C=O) groups is 1. The van der Waals surface area contributed by atoms with Crippen LogP contribution in [-0.2, 0) is 10.3 Å². The third-order valence-electron chi connectivity index (χ3n) is 7.55. The molecule has 156 valence electrons. The normalized spacial score (nSPS) is 31.4. The first kappa shape index (κ1) is 20.6. The van der Waals surface area contributed by atoms with Gasteiger partial charge in [-0.25, -0.2) is 0 Å². The number of ketones is 1. The maximum atomic E-state index is 13.3. The predicted molar refractivity (Wildman–Crippen MR) is 120 cm³/mol. The average Bonchev–Trinajstić information content (AvgIpc) is 2.80. The summed E-state index contributed by atoms with van der Waals surface area (Å²) in [5, 5.41) is 0. The van der Waals surface area contributed by atoms with Crippen molar-refractivity contribution in [1.29, 1.82) is 0 Å². The SMILES string of the molecule is CCC(=O)C1=CC=CC(c2ccccc2)(N2CCCCC2)C1(C)N1CCCCC1. The highest BCUT2D eigenvalue weighted by molar-refractivity contribution is 5.98. The van der Waals surface area contributed by atoms with Gasteiger partial charge in [0.2, 0.25) is 0 Å². The Bertz CT molecular complexity index is 771. The zero-order chi connectivity index (χ0) is 20.3. The highest BCUT2D eigenvalue weighted by Crippen LogP contribution is 2.51. The number of piperidine rings is 2. The molecular formula is C26H36N2O. The summed E-state index contributed by atoms with van der Waals surface area (Å²) in [7, 11) is 0. The minimum atomic E-state index is -0.353. The Hall–Kier alpha value is -1.71. The molecule has 0 radical (unpaired) electrons. The van der Waals surface area contributed by atoms with Crippen LogP contribution >= 0.6 is 0 Å². The molecule has 2 unspecified atom stereocenters. The van der Waals surface area contributed by atoms with Crippen LogP contribution in [-0.4, -0.2) is 47.3 Å². The Morgan fingerprint density at radius 1 is 0.897 bits per heavy atom. The first-order valence-electron chi connectivity index (χ1n) is 11.6. The molecule has 2 heterocycles. The lowest BCUT2D eigenvalue weighted by atomic mass is 9.62. The molecule has 4 rings (SSSR count). The summed E-state index contributed by atoms with van der Waals surface area (Å²) < 4.78 is 0. The molecule has 2 fully saturated rings. The zero-order valence-corrected chi connectivity index (χ0v) is 18.2. The van der Waals surface area contributed by atoms with Crippen LogP contribution in [0.1, 0.15) is 64.4 Å². The second kappa shape index (κ2) is 8.57. The van der Waals surface area contributed by atoms with Gasteiger partial charge in [0.15, 0.2) is 5.78 Å². The van der Waals surface area contributed by atoms with Crippen LogP contribution in [0.5, 0.6) is 0 Å². The smallest absolute Gasteiger partial charge is 0.160 e. The first-order chi connectivity index (χ1) is 14.1. The summed E-state index contributed by atoms with van der Waals surface area (Å²) in [6.07, 6.45) is 14.8. The first-order valence-corrected chi connectivity index (χ1v) is 11.6. The number of rotatable bonds is 5. The van der Waals surface area contributed by atoms with Crippen molar-refractivity contribution in [2.75, 3.05) is 26.2 Å².